The van der Waals surface area contributed by atoms with Crippen LogP contribution in [0.25, 0.3) is 0 Å². The molecule has 0 saturated heterocycles. The van der Waals surface area contributed by atoms with Crippen molar-refractivity contribution >= 4 is 22.9 Å². The molecule has 3 N–H and O–H groups in total. The molecule has 0 aliphatic rings. The first kappa shape index (κ1) is 17.4. The number of thiophene rings is 1. The van der Waals surface area contributed by atoms with Crippen LogP contribution in [-0.4, -0.2) is 12.5 Å². The number of carbonyl (C=O) groups excluding carboxylic acids is 1. The molecular weight excluding hydrogens is 328 g/mol. The van der Waals surface area contributed by atoms with E-state index in [0.29, 0.717) is 6.54 Å². The summed E-state index contributed by atoms with van der Waals surface area (Å²) in [5, 5.41) is 7.24. The summed E-state index contributed by atoms with van der Waals surface area (Å²) < 4.78 is 0. The van der Waals surface area contributed by atoms with E-state index in [1.54, 1.807) is 11.3 Å². The van der Waals surface area contributed by atoms with Crippen LogP contribution in [0.3, 0.4) is 0 Å². The van der Waals surface area contributed by atoms with E-state index in [-0.39, 0.29) is 11.9 Å². The number of hydrogen-bond donors (Lipinski definition) is 2. The van der Waals surface area contributed by atoms with Gasteiger partial charge in [-0.3, -0.25) is 4.79 Å². The summed E-state index contributed by atoms with van der Waals surface area (Å²) in [6.45, 7) is 4.42. The molecular formula is C21H23N2OS+. The topological polar surface area (TPSA) is 45.7 Å². The van der Waals surface area contributed by atoms with Crippen LogP contribution in [0.5, 0.6) is 0 Å². The average Bonchev–Trinajstić information content (AvgIpc) is 3.14. The summed E-state index contributed by atoms with van der Waals surface area (Å²) in [7, 11) is 0. The minimum atomic E-state index is 0.0230. The standard InChI is InChI=1S/C21H22N2OS/c1-15-8-6-9-16(2)20(15)23-19(24)14-22-21(18-12-7-13-25-18)17-10-4-3-5-11-17/h3-13,21-22H,14H2,1-2H3,(H,23,24)/p+1/t21-/m0/s1. The third-order valence-electron chi connectivity index (χ3n) is 4.29. The van der Waals surface area contributed by atoms with Gasteiger partial charge in [0, 0.05) is 11.3 Å². The van der Waals surface area contributed by atoms with Crippen molar-refractivity contribution in [1.82, 2.24) is 0 Å². The molecule has 3 aromatic rings. The average molecular weight is 351 g/mol. The van der Waals surface area contributed by atoms with Gasteiger partial charge in [-0.05, 0) is 36.4 Å². The summed E-state index contributed by atoms with van der Waals surface area (Å²) in [6.07, 6.45) is 0. The Kier molecular flexibility index (Phi) is 5.64. The van der Waals surface area contributed by atoms with Crippen molar-refractivity contribution in [3.05, 3.63) is 87.6 Å². The van der Waals surface area contributed by atoms with Gasteiger partial charge < -0.3 is 10.6 Å². The summed E-state index contributed by atoms with van der Waals surface area (Å²) in [6, 6.07) is 20.7. The van der Waals surface area contributed by atoms with Crippen LogP contribution < -0.4 is 10.6 Å². The van der Waals surface area contributed by atoms with Crippen molar-refractivity contribution in [1.29, 1.82) is 0 Å². The molecule has 4 heteroatoms. The number of quaternary nitrogens is 1. The first-order valence-electron chi connectivity index (χ1n) is 8.43. The van der Waals surface area contributed by atoms with Crippen molar-refractivity contribution in [2.45, 2.75) is 19.9 Å². The Morgan fingerprint density at radius 3 is 2.36 bits per heavy atom. The van der Waals surface area contributed by atoms with E-state index < -0.39 is 0 Å². The van der Waals surface area contributed by atoms with Crippen molar-refractivity contribution < 1.29 is 10.1 Å². The van der Waals surface area contributed by atoms with E-state index in [4.69, 9.17) is 0 Å². The SMILES string of the molecule is Cc1cccc(C)c1NC(=O)C[NH2+][C@@H](c1ccccc1)c1cccs1. The maximum atomic E-state index is 12.5. The van der Waals surface area contributed by atoms with Crippen LogP contribution in [0.1, 0.15) is 27.6 Å². The summed E-state index contributed by atoms with van der Waals surface area (Å²) in [4.78, 5) is 13.7. The zero-order valence-electron chi connectivity index (χ0n) is 14.5. The molecule has 0 fully saturated rings. The van der Waals surface area contributed by atoms with E-state index in [1.165, 1.54) is 10.4 Å². The van der Waals surface area contributed by atoms with Crippen molar-refractivity contribution in [2.24, 2.45) is 0 Å². The molecule has 0 radical (unpaired) electrons. The van der Waals surface area contributed by atoms with Gasteiger partial charge in [0.15, 0.2) is 6.54 Å². The second-order valence-electron chi connectivity index (χ2n) is 6.16. The predicted molar refractivity (Wildman–Crippen MR) is 104 cm³/mol. The van der Waals surface area contributed by atoms with Gasteiger partial charge in [0.05, 0.1) is 4.88 Å². The molecule has 0 aliphatic heterocycles. The third kappa shape index (κ3) is 4.35. The number of amides is 1. The van der Waals surface area contributed by atoms with Gasteiger partial charge >= 0.3 is 0 Å². The van der Waals surface area contributed by atoms with Crippen molar-refractivity contribution in [3.63, 3.8) is 0 Å². The van der Waals surface area contributed by atoms with Crippen LogP contribution >= 0.6 is 11.3 Å². The fourth-order valence-corrected chi connectivity index (χ4v) is 3.82. The highest BCUT2D eigenvalue weighted by atomic mass is 32.1. The molecule has 128 valence electrons. The van der Waals surface area contributed by atoms with Crippen molar-refractivity contribution in [2.75, 3.05) is 11.9 Å². The largest absolute Gasteiger partial charge is 0.328 e. The number of hydrogen-bond acceptors (Lipinski definition) is 2. The predicted octanol–water partition coefficient (Wildman–Crippen LogP) is 3.66. The molecule has 25 heavy (non-hydrogen) atoms. The lowest BCUT2D eigenvalue weighted by atomic mass is 10.1. The highest BCUT2D eigenvalue weighted by molar-refractivity contribution is 7.10. The van der Waals surface area contributed by atoms with Crippen LogP contribution in [0.2, 0.25) is 0 Å². The normalized spacial score (nSPS) is 11.9. The van der Waals surface area contributed by atoms with Crippen LogP contribution in [0.15, 0.2) is 66.0 Å². The number of nitrogens with one attached hydrogen (secondary N) is 1. The minimum Gasteiger partial charge on any atom is -0.328 e. The quantitative estimate of drug-likeness (QED) is 0.699. The van der Waals surface area contributed by atoms with Crippen LogP contribution in [0.4, 0.5) is 5.69 Å². The summed E-state index contributed by atoms with van der Waals surface area (Å²) in [5.74, 6) is 0.0230. The lowest BCUT2D eigenvalue weighted by Gasteiger charge is -2.16. The van der Waals surface area contributed by atoms with E-state index in [1.807, 2.05) is 50.2 Å². The number of carbonyl (C=O) groups is 1. The van der Waals surface area contributed by atoms with Gasteiger partial charge in [0.1, 0.15) is 6.04 Å². The van der Waals surface area contributed by atoms with Gasteiger partial charge in [-0.15, -0.1) is 11.3 Å². The number of nitrogens with two attached hydrogens (primary N) is 1. The Balaban J connectivity index is 1.70. The third-order valence-corrected chi connectivity index (χ3v) is 5.25. The second kappa shape index (κ2) is 8.10. The van der Waals surface area contributed by atoms with Gasteiger partial charge in [0.25, 0.3) is 5.91 Å². The maximum Gasteiger partial charge on any atom is 0.279 e. The minimum absolute atomic E-state index is 0.0230. The molecule has 1 atom stereocenters. The number of benzene rings is 2. The number of anilines is 1. The first-order chi connectivity index (χ1) is 12.1. The van der Waals surface area contributed by atoms with E-state index >= 15 is 0 Å². The molecule has 0 unspecified atom stereocenters. The molecule has 1 amide bonds. The molecule has 3 nitrogen and oxygen atoms in total. The molecule has 0 bridgehead atoms. The fraction of sp³-hybridized carbons (Fsp3) is 0.190. The highest BCUT2D eigenvalue weighted by Crippen LogP contribution is 2.22. The summed E-state index contributed by atoms with van der Waals surface area (Å²) >= 11 is 1.72. The molecule has 0 spiro atoms. The number of aryl methyl sites for hydroxylation is 2. The Labute approximate surface area is 152 Å². The van der Waals surface area contributed by atoms with Gasteiger partial charge in [0.2, 0.25) is 0 Å². The smallest absolute Gasteiger partial charge is 0.279 e. The van der Waals surface area contributed by atoms with Gasteiger partial charge in [-0.1, -0.05) is 54.6 Å². The van der Waals surface area contributed by atoms with Crippen LogP contribution in [-0.2, 0) is 4.79 Å². The van der Waals surface area contributed by atoms with Crippen LogP contribution in [0, 0.1) is 13.8 Å². The molecule has 0 saturated carbocycles. The first-order valence-corrected chi connectivity index (χ1v) is 9.31. The van der Waals surface area contributed by atoms with E-state index in [0.717, 1.165) is 16.8 Å². The monoisotopic (exact) mass is 351 g/mol. The molecule has 1 aromatic heterocycles. The Morgan fingerprint density at radius 1 is 1.00 bits per heavy atom. The number of para-hydroxylation sites is 1. The second-order valence-corrected chi connectivity index (χ2v) is 7.14. The molecule has 3 rings (SSSR count). The zero-order chi connectivity index (χ0) is 17.6. The zero-order valence-corrected chi connectivity index (χ0v) is 15.3. The highest BCUT2D eigenvalue weighted by Gasteiger charge is 2.20. The number of rotatable bonds is 6. The van der Waals surface area contributed by atoms with E-state index in [9.17, 15) is 4.79 Å². The maximum absolute atomic E-state index is 12.5. The lowest BCUT2D eigenvalue weighted by Crippen LogP contribution is -2.87. The van der Waals surface area contributed by atoms with Gasteiger partial charge in [-0.2, -0.15) is 0 Å². The summed E-state index contributed by atoms with van der Waals surface area (Å²) in [5.41, 5.74) is 4.32. The Morgan fingerprint density at radius 2 is 1.72 bits per heavy atom. The van der Waals surface area contributed by atoms with Crippen molar-refractivity contribution in [3.8, 4) is 0 Å². The van der Waals surface area contributed by atoms with E-state index in [2.05, 4.69) is 40.3 Å². The lowest BCUT2D eigenvalue weighted by molar-refractivity contribution is -0.675. The molecule has 0 aliphatic carbocycles. The molecule has 2 aromatic carbocycles. The van der Waals surface area contributed by atoms with Gasteiger partial charge in [-0.25, -0.2) is 0 Å². The Hall–Kier alpha value is -2.43. The Bertz CT molecular complexity index is 808. The fourth-order valence-electron chi connectivity index (χ4n) is 2.97. The molecule has 1 heterocycles.